The smallest absolute Gasteiger partial charge is 0.122 e. The van der Waals surface area contributed by atoms with Gasteiger partial charge < -0.3 is 14.8 Å². The topological polar surface area (TPSA) is 30.5 Å². The van der Waals surface area contributed by atoms with Gasteiger partial charge in [0.25, 0.3) is 0 Å². The van der Waals surface area contributed by atoms with Crippen LogP contribution in [0.15, 0.2) is 18.2 Å². The minimum absolute atomic E-state index is 0.131. The predicted molar refractivity (Wildman–Crippen MR) is 80.3 cm³/mol. The number of hydrogen-bond donors (Lipinski definition) is 1. The van der Waals surface area contributed by atoms with Crippen molar-refractivity contribution in [1.29, 1.82) is 0 Å². The minimum atomic E-state index is 0.131. The fraction of sp³-hybridized carbons (Fsp3) is 0.600. The Morgan fingerprint density at radius 2 is 2.16 bits per heavy atom. The summed E-state index contributed by atoms with van der Waals surface area (Å²) in [5.41, 5.74) is 1.07. The number of rotatable bonds is 9. The van der Waals surface area contributed by atoms with Gasteiger partial charge >= 0.3 is 0 Å². The number of ether oxygens (including phenoxy) is 2. The van der Waals surface area contributed by atoms with Crippen LogP contribution in [-0.4, -0.2) is 32.4 Å². The van der Waals surface area contributed by atoms with Crippen molar-refractivity contribution in [3.63, 3.8) is 0 Å². The zero-order valence-electron chi connectivity index (χ0n) is 12.0. The van der Waals surface area contributed by atoms with Crippen LogP contribution in [0.1, 0.15) is 25.8 Å². The number of hydrogen-bond acceptors (Lipinski definition) is 3. The van der Waals surface area contributed by atoms with Crippen LogP contribution in [0.4, 0.5) is 0 Å². The molecule has 1 aromatic rings. The normalized spacial score (nSPS) is 12.4. The summed E-state index contributed by atoms with van der Waals surface area (Å²) in [5.74, 6) is 0.896. The molecule has 0 fully saturated rings. The van der Waals surface area contributed by atoms with Gasteiger partial charge in [-0.1, -0.05) is 11.6 Å². The van der Waals surface area contributed by atoms with Crippen LogP contribution in [0, 0.1) is 6.92 Å². The summed E-state index contributed by atoms with van der Waals surface area (Å²) in [6, 6.07) is 5.69. The molecule has 0 aliphatic heterocycles. The fourth-order valence-electron chi connectivity index (χ4n) is 1.75. The van der Waals surface area contributed by atoms with Crippen molar-refractivity contribution in [3.8, 4) is 5.75 Å². The van der Waals surface area contributed by atoms with Crippen molar-refractivity contribution in [1.82, 2.24) is 5.32 Å². The van der Waals surface area contributed by atoms with Gasteiger partial charge in [-0.25, -0.2) is 0 Å². The first-order valence-corrected chi connectivity index (χ1v) is 7.22. The largest absolute Gasteiger partial charge is 0.489 e. The lowest BCUT2D eigenvalue weighted by atomic mass is 10.2. The molecule has 0 saturated heterocycles. The maximum atomic E-state index is 5.92. The van der Waals surface area contributed by atoms with Gasteiger partial charge in [0.15, 0.2) is 0 Å². The second kappa shape index (κ2) is 9.18. The molecule has 0 aromatic heterocycles. The Morgan fingerprint density at radius 3 is 2.84 bits per heavy atom. The van der Waals surface area contributed by atoms with Gasteiger partial charge in [0, 0.05) is 24.8 Å². The second-order valence-corrected chi connectivity index (χ2v) is 5.03. The molecule has 1 unspecified atom stereocenters. The zero-order valence-corrected chi connectivity index (χ0v) is 12.8. The molecule has 0 bridgehead atoms. The molecule has 0 spiro atoms. The Bertz CT molecular complexity index is 371. The minimum Gasteiger partial charge on any atom is -0.489 e. The summed E-state index contributed by atoms with van der Waals surface area (Å²) in [6.45, 7) is 9.46. The van der Waals surface area contributed by atoms with Crippen molar-refractivity contribution < 1.29 is 9.47 Å². The monoisotopic (exact) mass is 285 g/mol. The maximum Gasteiger partial charge on any atom is 0.122 e. The van der Waals surface area contributed by atoms with Gasteiger partial charge in [0.1, 0.15) is 11.9 Å². The SMILES string of the molecule is CCOCCCNCC(C)Oc1ccc(Cl)cc1C. The Hall–Kier alpha value is -0.770. The molecule has 0 heterocycles. The van der Waals surface area contributed by atoms with E-state index in [-0.39, 0.29) is 6.10 Å². The Labute approximate surface area is 121 Å². The highest BCUT2D eigenvalue weighted by molar-refractivity contribution is 6.30. The van der Waals surface area contributed by atoms with Crippen molar-refractivity contribution >= 4 is 11.6 Å². The Kier molecular flexibility index (Phi) is 7.87. The lowest BCUT2D eigenvalue weighted by Gasteiger charge is -2.17. The highest BCUT2D eigenvalue weighted by Crippen LogP contribution is 2.22. The fourth-order valence-corrected chi connectivity index (χ4v) is 1.98. The van der Waals surface area contributed by atoms with Gasteiger partial charge in [0.2, 0.25) is 0 Å². The van der Waals surface area contributed by atoms with Crippen molar-refractivity contribution in [2.45, 2.75) is 33.3 Å². The van der Waals surface area contributed by atoms with Crippen molar-refractivity contribution in [2.75, 3.05) is 26.3 Å². The standard InChI is InChI=1S/C15H24ClNO2/c1-4-18-9-5-8-17-11-13(3)19-15-7-6-14(16)10-12(15)2/h6-7,10,13,17H,4-5,8-9,11H2,1-3H3. The molecular formula is C15H24ClNO2. The molecule has 3 nitrogen and oxygen atoms in total. The van der Waals surface area contributed by atoms with Gasteiger partial charge in [0.05, 0.1) is 0 Å². The maximum absolute atomic E-state index is 5.92. The molecule has 108 valence electrons. The van der Waals surface area contributed by atoms with E-state index in [0.717, 1.165) is 49.1 Å². The molecule has 1 N–H and O–H groups in total. The van der Waals surface area contributed by atoms with E-state index in [1.165, 1.54) is 0 Å². The highest BCUT2D eigenvalue weighted by Gasteiger charge is 2.06. The molecule has 1 aromatic carbocycles. The van der Waals surface area contributed by atoms with Crippen LogP contribution in [0.2, 0.25) is 5.02 Å². The van der Waals surface area contributed by atoms with E-state index < -0.39 is 0 Å². The van der Waals surface area contributed by atoms with E-state index in [1.807, 2.05) is 32.0 Å². The average molecular weight is 286 g/mol. The number of benzene rings is 1. The third kappa shape index (κ3) is 6.81. The Balaban J connectivity index is 2.21. The number of nitrogens with one attached hydrogen (secondary N) is 1. The molecule has 0 saturated carbocycles. The number of aryl methyl sites for hydroxylation is 1. The average Bonchev–Trinajstić information content (AvgIpc) is 2.37. The van der Waals surface area contributed by atoms with E-state index in [4.69, 9.17) is 21.1 Å². The third-order valence-corrected chi connectivity index (χ3v) is 2.98. The van der Waals surface area contributed by atoms with Crippen LogP contribution >= 0.6 is 11.6 Å². The van der Waals surface area contributed by atoms with Gasteiger partial charge in [-0.05, 0) is 57.5 Å². The van der Waals surface area contributed by atoms with Gasteiger partial charge in [-0.15, -0.1) is 0 Å². The van der Waals surface area contributed by atoms with Crippen LogP contribution in [0.3, 0.4) is 0 Å². The molecule has 0 aliphatic carbocycles. The van der Waals surface area contributed by atoms with Crippen LogP contribution in [-0.2, 0) is 4.74 Å². The summed E-state index contributed by atoms with van der Waals surface area (Å²) in [5, 5.41) is 4.11. The van der Waals surface area contributed by atoms with Gasteiger partial charge in [-0.3, -0.25) is 0 Å². The van der Waals surface area contributed by atoms with E-state index in [9.17, 15) is 0 Å². The third-order valence-electron chi connectivity index (χ3n) is 2.74. The highest BCUT2D eigenvalue weighted by atomic mass is 35.5. The summed E-state index contributed by atoms with van der Waals surface area (Å²) < 4.78 is 11.2. The van der Waals surface area contributed by atoms with Gasteiger partial charge in [-0.2, -0.15) is 0 Å². The quantitative estimate of drug-likeness (QED) is 0.705. The molecule has 1 atom stereocenters. The lowest BCUT2D eigenvalue weighted by molar-refractivity contribution is 0.143. The second-order valence-electron chi connectivity index (χ2n) is 4.59. The van der Waals surface area contributed by atoms with E-state index in [1.54, 1.807) is 0 Å². The summed E-state index contributed by atoms with van der Waals surface area (Å²) >= 11 is 5.92. The molecular weight excluding hydrogens is 262 g/mol. The first-order valence-electron chi connectivity index (χ1n) is 6.84. The molecule has 19 heavy (non-hydrogen) atoms. The molecule has 0 aliphatic rings. The van der Waals surface area contributed by atoms with E-state index in [0.29, 0.717) is 0 Å². The van der Waals surface area contributed by atoms with Crippen LogP contribution in [0.5, 0.6) is 5.75 Å². The van der Waals surface area contributed by atoms with Crippen molar-refractivity contribution in [2.24, 2.45) is 0 Å². The molecule has 4 heteroatoms. The van der Waals surface area contributed by atoms with Crippen LogP contribution < -0.4 is 10.1 Å². The molecule has 1 rings (SSSR count). The molecule has 0 amide bonds. The molecule has 0 radical (unpaired) electrons. The lowest BCUT2D eigenvalue weighted by Crippen LogP contribution is -2.30. The first-order chi connectivity index (χ1) is 9.13. The summed E-state index contributed by atoms with van der Waals surface area (Å²) in [6.07, 6.45) is 1.16. The van der Waals surface area contributed by atoms with Crippen molar-refractivity contribution in [3.05, 3.63) is 28.8 Å². The summed E-state index contributed by atoms with van der Waals surface area (Å²) in [7, 11) is 0. The first kappa shape index (κ1) is 16.3. The Morgan fingerprint density at radius 1 is 1.37 bits per heavy atom. The van der Waals surface area contributed by atoms with Crippen LogP contribution in [0.25, 0.3) is 0 Å². The van der Waals surface area contributed by atoms with E-state index in [2.05, 4.69) is 12.2 Å². The number of halogens is 1. The predicted octanol–water partition coefficient (Wildman–Crippen LogP) is 3.43. The summed E-state index contributed by atoms with van der Waals surface area (Å²) in [4.78, 5) is 0. The zero-order chi connectivity index (χ0) is 14.1. The van der Waals surface area contributed by atoms with E-state index >= 15 is 0 Å².